The van der Waals surface area contributed by atoms with Crippen LogP contribution in [0.15, 0.2) is 23.6 Å². The zero-order valence-electron chi connectivity index (χ0n) is 6.61. The van der Waals surface area contributed by atoms with Gasteiger partial charge >= 0.3 is 6.18 Å². The Kier molecular flexibility index (Phi) is 2.75. The van der Waals surface area contributed by atoms with Gasteiger partial charge in [0.2, 0.25) is 0 Å². The fraction of sp³-hybridized carbons (Fsp3) is 0.500. The highest BCUT2D eigenvalue weighted by Crippen LogP contribution is 2.29. The Morgan fingerprint density at radius 1 is 1.38 bits per heavy atom. The fourth-order valence-electron chi connectivity index (χ4n) is 1.07. The first kappa shape index (κ1) is 10.2. The average molecular weight is 196 g/mol. The Hall–Kier alpha value is -0.840. The number of halogens is 4. The number of alkyl halides is 3. The Balaban J connectivity index is 2.79. The monoisotopic (exact) mass is 196 g/mol. The van der Waals surface area contributed by atoms with E-state index in [-0.39, 0.29) is 12.8 Å². The Labute approximate surface area is 72.4 Å². The van der Waals surface area contributed by atoms with E-state index in [4.69, 9.17) is 5.11 Å². The van der Waals surface area contributed by atoms with Crippen LogP contribution in [0.3, 0.4) is 0 Å². The summed E-state index contributed by atoms with van der Waals surface area (Å²) in [4.78, 5) is 0. The van der Waals surface area contributed by atoms with Crippen LogP contribution in [0.5, 0.6) is 0 Å². The van der Waals surface area contributed by atoms with Gasteiger partial charge in [0.05, 0.1) is 0 Å². The first-order chi connectivity index (χ1) is 5.91. The summed E-state index contributed by atoms with van der Waals surface area (Å²) in [7, 11) is 0. The topological polar surface area (TPSA) is 20.2 Å². The average Bonchev–Trinajstić information content (AvgIpc) is 2.01. The lowest BCUT2D eigenvalue weighted by molar-refractivity contribution is -0.190. The second-order valence-corrected chi connectivity index (χ2v) is 2.78. The van der Waals surface area contributed by atoms with Crippen molar-refractivity contribution in [2.45, 2.75) is 25.1 Å². The maximum atomic E-state index is 12.5. The summed E-state index contributed by atoms with van der Waals surface area (Å²) in [6.07, 6.45) is -5.06. The molecule has 1 N–H and O–H groups in total. The zero-order valence-corrected chi connectivity index (χ0v) is 6.61. The van der Waals surface area contributed by atoms with Gasteiger partial charge in [-0.1, -0.05) is 6.08 Å². The third-order valence-corrected chi connectivity index (χ3v) is 1.71. The molecule has 1 rings (SSSR count). The van der Waals surface area contributed by atoms with Crippen LogP contribution < -0.4 is 0 Å². The molecule has 1 aliphatic carbocycles. The molecule has 0 saturated carbocycles. The highest BCUT2D eigenvalue weighted by molar-refractivity contribution is 5.29. The molecule has 1 aliphatic rings. The van der Waals surface area contributed by atoms with Gasteiger partial charge in [-0.05, 0) is 18.1 Å². The molecule has 5 heteroatoms. The standard InChI is InChI=1S/C8H8F4O/c9-6-3-1-2-5(4-6)7(13)8(10,11)12/h2,4,7,13H,1,3H2/t7-/m1/s1. The molecule has 0 fully saturated rings. The summed E-state index contributed by atoms with van der Waals surface area (Å²) >= 11 is 0. The van der Waals surface area contributed by atoms with E-state index in [0.717, 1.165) is 6.08 Å². The molecule has 13 heavy (non-hydrogen) atoms. The third kappa shape index (κ3) is 2.55. The largest absolute Gasteiger partial charge is 0.418 e. The lowest BCUT2D eigenvalue weighted by Gasteiger charge is -2.17. The molecule has 74 valence electrons. The van der Waals surface area contributed by atoms with Crippen LogP contribution in [-0.4, -0.2) is 17.4 Å². The predicted molar refractivity (Wildman–Crippen MR) is 38.6 cm³/mol. The van der Waals surface area contributed by atoms with Crippen molar-refractivity contribution in [1.29, 1.82) is 0 Å². The minimum Gasteiger partial charge on any atom is -0.379 e. The van der Waals surface area contributed by atoms with Crippen molar-refractivity contribution >= 4 is 0 Å². The summed E-state index contributed by atoms with van der Waals surface area (Å²) < 4.78 is 48.3. The Bertz CT molecular complexity index is 251. The minimum atomic E-state index is -4.72. The quantitative estimate of drug-likeness (QED) is 0.639. The fourth-order valence-corrected chi connectivity index (χ4v) is 1.07. The van der Waals surface area contributed by atoms with Gasteiger partial charge in [0.25, 0.3) is 0 Å². The second kappa shape index (κ2) is 3.49. The number of aliphatic hydroxyl groups excluding tert-OH is 1. The van der Waals surface area contributed by atoms with Gasteiger partial charge in [-0.15, -0.1) is 0 Å². The molecular formula is C8H8F4O. The van der Waals surface area contributed by atoms with Gasteiger partial charge in [-0.3, -0.25) is 0 Å². The molecule has 0 aromatic heterocycles. The van der Waals surface area contributed by atoms with Crippen LogP contribution in [-0.2, 0) is 0 Å². The maximum absolute atomic E-state index is 12.5. The first-order valence-corrected chi connectivity index (χ1v) is 3.72. The maximum Gasteiger partial charge on any atom is 0.418 e. The van der Waals surface area contributed by atoms with Crippen molar-refractivity contribution in [3.63, 3.8) is 0 Å². The van der Waals surface area contributed by atoms with Crippen molar-refractivity contribution in [3.05, 3.63) is 23.6 Å². The van der Waals surface area contributed by atoms with Gasteiger partial charge in [-0.2, -0.15) is 13.2 Å². The van der Waals surface area contributed by atoms with E-state index in [1.54, 1.807) is 0 Å². The molecule has 1 atom stereocenters. The first-order valence-electron chi connectivity index (χ1n) is 3.72. The molecule has 0 spiro atoms. The van der Waals surface area contributed by atoms with E-state index in [1.165, 1.54) is 6.08 Å². The molecule has 0 heterocycles. The van der Waals surface area contributed by atoms with E-state index in [0.29, 0.717) is 0 Å². The molecule has 0 unspecified atom stereocenters. The zero-order chi connectivity index (χ0) is 10.1. The number of hydrogen-bond donors (Lipinski definition) is 1. The van der Waals surface area contributed by atoms with Crippen LogP contribution in [0.25, 0.3) is 0 Å². The van der Waals surface area contributed by atoms with Gasteiger partial charge in [0, 0.05) is 6.42 Å². The highest BCUT2D eigenvalue weighted by Gasteiger charge is 2.40. The van der Waals surface area contributed by atoms with Crippen LogP contribution in [0.4, 0.5) is 17.6 Å². The number of hydrogen-bond acceptors (Lipinski definition) is 1. The molecule has 0 bridgehead atoms. The molecule has 0 aromatic carbocycles. The van der Waals surface area contributed by atoms with E-state index in [1.807, 2.05) is 0 Å². The van der Waals surface area contributed by atoms with E-state index in [9.17, 15) is 17.6 Å². The van der Waals surface area contributed by atoms with E-state index < -0.39 is 23.7 Å². The highest BCUT2D eigenvalue weighted by atomic mass is 19.4. The molecule has 1 nitrogen and oxygen atoms in total. The lowest BCUT2D eigenvalue weighted by atomic mass is 10.0. The van der Waals surface area contributed by atoms with Gasteiger partial charge in [0.1, 0.15) is 5.83 Å². The van der Waals surface area contributed by atoms with Crippen molar-refractivity contribution in [1.82, 2.24) is 0 Å². The molecule has 0 amide bonds. The van der Waals surface area contributed by atoms with E-state index in [2.05, 4.69) is 0 Å². The van der Waals surface area contributed by atoms with Gasteiger partial charge in [0.15, 0.2) is 6.10 Å². The van der Waals surface area contributed by atoms with Gasteiger partial charge in [-0.25, -0.2) is 4.39 Å². The summed E-state index contributed by atoms with van der Waals surface area (Å²) in [5, 5.41) is 8.72. The summed E-state index contributed by atoms with van der Waals surface area (Å²) in [5.41, 5.74) is -0.406. The van der Waals surface area contributed by atoms with Crippen molar-refractivity contribution in [3.8, 4) is 0 Å². The number of rotatable bonds is 1. The minimum absolute atomic E-state index is 0.105. The molecule has 0 aromatic rings. The van der Waals surface area contributed by atoms with Gasteiger partial charge < -0.3 is 5.11 Å². The smallest absolute Gasteiger partial charge is 0.379 e. The van der Waals surface area contributed by atoms with Crippen LogP contribution in [0.2, 0.25) is 0 Å². The molecule has 0 radical (unpaired) electrons. The van der Waals surface area contributed by atoms with E-state index >= 15 is 0 Å². The van der Waals surface area contributed by atoms with Crippen molar-refractivity contribution < 1.29 is 22.7 Å². The Morgan fingerprint density at radius 3 is 2.46 bits per heavy atom. The summed E-state index contributed by atoms with van der Waals surface area (Å²) in [5.74, 6) is -0.624. The normalized spacial score (nSPS) is 20.7. The summed E-state index contributed by atoms with van der Waals surface area (Å²) in [6, 6.07) is 0. The van der Waals surface area contributed by atoms with Crippen molar-refractivity contribution in [2.24, 2.45) is 0 Å². The van der Waals surface area contributed by atoms with Crippen LogP contribution >= 0.6 is 0 Å². The molecule has 0 aliphatic heterocycles. The summed E-state index contributed by atoms with van der Waals surface area (Å²) in [6.45, 7) is 0. The number of aliphatic hydroxyl groups is 1. The SMILES string of the molecule is O[C@H](C1=CCCC(F)=C1)C(F)(F)F. The van der Waals surface area contributed by atoms with Crippen molar-refractivity contribution in [2.75, 3.05) is 0 Å². The predicted octanol–water partition coefficient (Wildman–Crippen LogP) is 2.48. The lowest BCUT2D eigenvalue weighted by Crippen LogP contribution is -2.30. The number of allylic oxidation sites excluding steroid dienone is 2. The second-order valence-electron chi connectivity index (χ2n) is 2.78. The Morgan fingerprint density at radius 2 is 2.00 bits per heavy atom. The van der Waals surface area contributed by atoms with Crippen LogP contribution in [0, 0.1) is 0 Å². The molecule has 0 saturated heterocycles. The van der Waals surface area contributed by atoms with Crippen LogP contribution in [0.1, 0.15) is 12.8 Å². The molecular weight excluding hydrogens is 188 g/mol. The third-order valence-electron chi connectivity index (χ3n) is 1.71.